The molecule has 0 aromatic carbocycles. The van der Waals surface area contributed by atoms with E-state index < -0.39 is 0 Å². The van der Waals surface area contributed by atoms with Gasteiger partial charge in [0.2, 0.25) is 0 Å². The Balaban J connectivity index is 0. The summed E-state index contributed by atoms with van der Waals surface area (Å²) in [6.45, 7) is 0.810. The van der Waals surface area contributed by atoms with Crippen LogP contribution < -0.4 is 35.0 Å². The van der Waals surface area contributed by atoms with Gasteiger partial charge >= 0.3 is 29.6 Å². The fourth-order valence-electron chi connectivity index (χ4n) is 0.594. The van der Waals surface area contributed by atoms with Crippen LogP contribution in [0.3, 0.4) is 0 Å². The third kappa shape index (κ3) is 9.08. The van der Waals surface area contributed by atoms with Crippen LogP contribution in [0, 0.1) is 0 Å². The van der Waals surface area contributed by atoms with Crippen molar-refractivity contribution in [2.45, 2.75) is 0 Å². The Hall–Kier alpha value is 0.990. The molecule has 0 aliphatic carbocycles. The van der Waals surface area contributed by atoms with Crippen LogP contribution in [0.15, 0.2) is 0 Å². The summed E-state index contributed by atoms with van der Waals surface area (Å²) in [4.78, 5) is 0. The molecule has 0 rings (SSSR count). The summed E-state index contributed by atoms with van der Waals surface area (Å²) >= 11 is 9.20. The van der Waals surface area contributed by atoms with Gasteiger partial charge in [0, 0.05) is 13.1 Å². The van der Waals surface area contributed by atoms with Crippen LogP contribution in [-0.4, -0.2) is 45.8 Å². The predicted molar refractivity (Wildman–Crippen MR) is 48.8 cm³/mol. The largest absolute Gasteiger partial charge is 1.00 e. The first-order valence-corrected chi connectivity index (χ1v) is 3.96. The van der Waals surface area contributed by atoms with Crippen molar-refractivity contribution < 1.29 is 39.8 Å². The first kappa shape index (κ1) is 15.5. The molecule has 3 N–H and O–H groups in total. The zero-order valence-electron chi connectivity index (χ0n) is 6.99. The summed E-state index contributed by atoms with van der Waals surface area (Å²) in [5, 5.41) is 18.6. The molecule has 0 atom stereocenters. The second-order valence-electron chi connectivity index (χ2n) is 1.83. The maximum Gasteiger partial charge on any atom is 1.00 e. The second kappa shape index (κ2) is 10.1. The van der Waals surface area contributed by atoms with E-state index in [1.807, 2.05) is 0 Å². The molecule has 0 amide bonds. The van der Waals surface area contributed by atoms with E-state index in [0.29, 0.717) is 13.1 Å². The standard InChI is InChI=1S/C5H12N2O2S2.Na/c8-3-1-7(2-4-9)6-5(10)11;/h8-9H,1-4H2,(H2,6,10,11);/q;+1/p-1. The minimum absolute atomic E-state index is 0. The molecule has 0 aromatic rings. The summed E-state index contributed by atoms with van der Waals surface area (Å²) in [6, 6.07) is 0. The number of rotatable bonds is 5. The molecule has 0 bridgehead atoms. The van der Waals surface area contributed by atoms with Crippen LogP contribution in [0.4, 0.5) is 0 Å². The topological polar surface area (TPSA) is 55.7 Å². The maximum atomic E-state index is 8.54. The van der Waals surface area contributed by atoms with Crippen LogP contribution in [-0.2, 0) is 12.6 Å². The molecule has 66 valence electrons. The number of nitrogens with one attached hydrogen (secondary N) is 1. The average molecular weight is 218 g/mol. The van der Waals surface area contributed by atoms with Crippen molar-refractivity contribution in [3.63, 3.8) is 0 Å². The van der Waals surface area contributed by atoms with Gasteiger partial charge in [-0.25, -0.2) is 5.01 Å². The SMILES string of the molecule is OCCN(CCO)NC(=S)[S-].[Na+]. The van der Waals surface area contributed by atoms with E-state index in [4.69, 9.17) is 10.2 Å². The third-order valence-electron chi connectivity index (χ3n) is 0.989. The van der Waals surface area contributed by atoms with Gasteiger partial charge in [-0.2, -0.15) is 0 Å². The average Bonchev–Trinajstić information content (AvgIpc) is 1.87. The normalized spacial score (nSPS) is 9.25. The number of aliphatic hydroxyl groups excluding tert-OH is 2. The Bertz CT molecular complexity index is 122. The number of hydrogen-bond donors (Lipinski definition) is 3. The Kier molecular flexibility index (Phi) is 13.0. The summed E-state index contributed by atoms with van der Waals surface area (Å²) in [5.41, 5.74) is 2.64. The predicted octanol–water partition coefficient (Wildman–Crippen LogP) is -4.39. The summed E-state index contributed by atoms with van der Waals surface area (Å²) < 4.78 is 0.215. The van der Waals surface area contributed by atoms with E-state index in [1.165, 1.54) is 0 Å². The van der Waals surface area contributed by atoms with Gasteiger partial charge in [0.05, 0.1) is 13.2 Å². The summed E-state index contributed by atoms with van der Waals surface area (Å²) in [5.74, 6) is 0. The Morgan fingerprint density at radius 3 is 2.00 bits per heavy atom. The second-order valence-corrected chi connectivity index (χ2v) is 2.91. The number of aliphatic hydroxyl groups is 2. The number of hydrazine groups is 1. The van der Waals surface area contributed by atoms with Crippen molar-refractivity contribution in [3.05, 3.63) is 0 Å². The third-order valence-corrected chi connectivity index (χ3v) is 1.17. The van der Waals surface area contributed by atoms with E-state index in [-0.39, 0.29) is 47.1 Å². The molecule has 4 nitrogen and oxygen atoms in total. The Labute approximate surface area is 105 Å². The monoisotopic (exact) mass is 218 g/mol. The van der Waals surface area contributed by atoms with Gasteiger partial charge in [0.25, 0.3) is 0 Å². The van der Waals surface area contributed by atoms with Crippen LogP contribution in [0.2, 0.25) is 0 Å². The molecular formula is C5H11N2NaO2S2. The van der Waals surface area contributed by atoms with Crippen LogP contribution >= 0.6 is 12.2 Å². The van der Waals surface area contributed by atoms with Gasteiger partial charge in [-0.1, -0.05) is 0 Å². The van der Waals surface area contributed by atoms with Gasteiger partial charge in [0.1, 0.15) is 0 Å². The summed E-state index contributed by atoms with van der Waals surface area (Å²) in [6.07, 6.45) is 0. The van der Waals surface area contributed by atoms with Crippen molar-refractivity contribution in [2.75, 3.05) is 26.3 Å². The fraction of sp³-hybridized carbons (Fsp3) is 0.800. The van der Waals surface area contributed by atoms with E-state index in [0.717, 1.165) is 0 Å². The minimum Gasteiger partial charge on any atom is -0.410 e. The molecule has 0 unspecified atom stereocenters. The molecule has 0 aliphatic heterocycles. The van der Waals surface area contributed by atoms with E-state index in [2.05, 4.69) is 30.3 Å². The summed E-state index contributed by atoms with van der Waals surface area (Å²) in [7, 11) is 0. The maximum absolute atomic E-state index is 8.54. The zero-order valence-corrected chi connectivity index (χ0v) is 10.6. The van der Waals surface area contributed by atoms with Gasteiger partial charge in [-0.15, -0.1) is 0 Å². The van der Waals surface area contributed by atoms with E-state index in [9.17, 15) is 0 Å². The number of nitrogens with zero attached hydrogens (tertiary/aromatic N) is 1. The van der Waals surface area contributed by atoms with Crippen LogP contribution in [0.5, 0.6) is 0 Å². The minimum atomic E-state index is 0. The van der Waals surface area contributed by atoms with Gasteiger partial charge in [0.15, 0.2) is 0 Å². The molecule has 0 aromatic heterocycles. The quantitative estimate of drug-likeness (QED) is 0.188. The number of thiocarbonyl (C=S) groups is 1. The van der Waals surface area contributed by atoms with Crippen molar-refractivity contribution in [2.24, 2.45) is 0 Å². The Morgan fingerprint density at radius 1 is 1.33 bits per heavy atom. The van der Waals surface area contributed by atoms with Gasteiger partial charge in [-0.3, -0.25) is 0 Å². The number of hydrogen-bond acceptors (Lipinski definition) is 5. The molecule has 12 heavy (non-hydrogen) atoms. The Morgan fingerprint density at radius 2 is 1.75 bits per heavy atom. The van der Waals surface area contributed by atoms with E-state index in [1.54, 1.807) is 5.01 Å². The molecule has 7 heteroatoms. The van der Waals surface area contributed by atoms with Crippen LogP contribution in [0.1, 0.15) is 0 Å². The molecule has 0 saturated carbocycles. The molecule has 0 saturated heterocycles. The smallest absolute Gasteiger partial charge is 0.410 e. The first-order valence-electron chi connectivity index (χ1n) is 3.15. The molecule has 0 fully saturated rings. The van der Waals surface area contributed by atoms with Gasteiger partial charge < -0.3 is 40.5 Å². The van der Waals surface area contributed by atoms with Crippen molar-refractivity contribution >= 4 is 29.2 Å². The van der Waals surface area contributed by atoms with Crippen molar-refractivity contribution in [3.8, 4) is 0 Å². The fourth-order valence-corrected chi connectivity index (χ4v) is 0.852. The molecule has 0 heterocycles. The van der Waals surface area contributed by atoms with Crippen LogP contribution in [0.25, 0.3) is 0 Å². The first-order chi connectivity index (χ1) is 5.20. The molecule has 0 spiro atoms. The molecule has 0 radical (unpaired) electrons. The zero-order chi connectivity index (χ0) is 8.69. The van der Waals surface area contributed by atoms with Crippen molar-refractivity contribution in [1.82, 2.24) is 10.4 Å². The van der Waals surface area contributed by atoms with Crippen molar-refractivity contribution in [1.29, 1.82) is 0 Å². The van der Waals surface area contributed by atoms with Gasteiger partial charge in [-0.05, 0) is 4.32 Å². The molecule has 0 aliphatic rings. The van der Waals surface area contributed by atoms with E-state index >= 15 is 0 Å². The molecular weight excluding hydrogens is 207 g/mol.